The van der Waals surface area contributed by atoms with E-state index < -0.39 is 0 Å². The third kappa shape index (κ3) is 2.04. The van der Waals surface area contributed by atoms with Gasteiger partial charge in [0.25, 0.3) is 0 Å². The van der Waals surface area contributed by atoms with Gasteiger partial charge in [-0.25, -0.2) is 4.39 Å². The zero-order valence-corrected chi connectivity index (χ0v) is 10.4. The molecular formula is C14H16FN3. The van der Waals surface area contributed by atoms with Crippen LogP contribution in [0.3, 0.4) is 0 Å². The highest BCUT2D eigenvalue weighted by atomic mass is 19.1. The van der Waals surface area contributed by atoms with Crippen molar-refractivity contribution in [2.45, 2.75) is 25.4 Å². The second-order valence-corrected chi connectivity index (χ2v) is 4.80. The number of hydrogen-bond donors (Lipinski definition) is 1. The minimum Gasteiger partial charge on any atom is -0.306 e. The van der Waals surface area contributed by atoms with Crippen LogP contribution >= 0.6 is 0 Å². The van der Waals surface area contributed by atoms with Crippen molar-refractivity contribution in [1.29, 1.82) is 0 Å². The van der Waals surface area contributed by atoms with Crippen LogP contribution in [0.1, 0.15) is 29.2 Å². The molecule has 0 fully saturated rings. The summed E-state index contributed by atoms with van der Waals surface area (Å²) in [4.78, 5) is 0. The number of nitrogens with one attached hydrogen (secondary N) is 1. The number of aryl methyl sites for hydroxylation is 1. The van der Waals surface area contributed by atoms with Gasteiger partial charge in [0.15, 0.2) is 0 Å². The van der Waals surface area contributed by atoms with Crippen molar-refractivity contribution >= 4 is 0 Å². The van der Waals surface area contributed by atoms with Crippen LogP contribution in [0.15, 0.2) is 30.6 Å². The SMILES string of the molecule is Cn1cc(CNC2CCc3c(F)cccc32)cn1. The van der Waals surface area contributed by atoms with Crippen molar-refractivity contribution < 1.29 is 4.39 Å². The molecule has 3 rings (SSSR count). The van der Waals surface area contributed by atoms with Gasteiger partial charge in [-0.05, 0) is 30.0 Å². The Labute approximate surface area is 106 Å². The third-order valence-corrected chi connectivity index (χ3v) is 3.52. The normalized spacial score (nSPS) is 18.0. The Hall–Kier alpha value is -1.68. The van der Waals surface area contributed by atoms with Crippen LogP contribution in [0.5, 0.6) is 0 Å². The second-order valence-electron chi connectivity index (χ2n) is 4.80. The molecule has 1 unspecified atom stereocenters. The van der Waals surface area contributed by atoms with Crippen molar-refractivity contribution in [3.05, 3.63) is 53.1 Å². The molecular weight excluding hydrogens is 229 g/mol. The van der Waals surface area contributed by atoms with E-state index in [1.165, 1.54) is 0 Å². The first-order valence-corrected chi connectivity index (χ1v) is 6.22. The summed E-state index contributed by atoms with van der Waals surface area (Å²) in [5.74, 6) is -0.0711. The van der Waals surface area contributed by atoms with Gasteiger partial charge in [0.1, 0.15) is 5.82 Å². The standard InChI is InChI=1S/C14H16FN3/c1-18-9-10(8-17-18)7-16-14-6-5-11-12(14)3-2-4-13(11)15/h2-4,8-9,14,16H,5-7H2,1H3. The molecule has 18 heavy (non-hydrogen) atoms. The number of halogens is 1. The van der Waals surface area contributed by atoms with E-state index in [0.717, 1.165) is 36.1 Å². The summed E-state index contributed by atoms with van der Waals surface area (Å²) in [6.07, 6.45) is 5.64. The van der Waals surface area contributed by atoms with E-state index in [-0.39, 0.29) is 11.9 Å². The maximum atomic E-state index is 13.6. The van der Waals surface area contributed by atoms with Crippen LogP contribution in [-0.4, -0.2) is 9.78 Å². The molecule has 0 saturated carbocycles. The zero-order valence-electron chi connectivity index (χ0n) is 10.4. The lowest BCUT2D eigenvalue weighted by atomic mass is 10.1. The van der Waals surface area contributed by atoms with E-state index in [0.29, 0.717) is 0 Å². The molecule has 2 aromatic rings. The molecule has 0 amide bonds. The minimum absolute atomic E-state index is 0.0711. The Kier molecular flexibility index (Phi) is 2.88. The van der Waals surface area contributed by atoms with Crippen molar-refractivity contribution in [2.24, 2.45) is 7.05 Å². The van der Waals surface area contributed by atoms with Crippen molar-refractivity contribution in [3.63, 3.8) is 0 Å². The van der Waals surface area contributed by atoms with Crippen molar-refractivity contribution in [2.75, 3.05) is 0 Å². The lowest BCUT2D eigenvalue weighted by Crippen LogP contribution is -2.18. The zero-order chi connectivity index (χ0) is 12.5. The highest BCUT2D eigenvalue weighted by Crippen LogP contribution is 2.32. The lowest BCUT2D eigenvalue weighted by molar-refractivity contribution is 0.530. The first-order valence-electron chi connectivity index (χ1n) is 6.22. The van der Waals surface area contributed by atoms with Gasteiger partial charge in [0.2, 0.25) is 0 Å². The molecule has 1 aliphatic rings. The molecule has 0 aliphatic heterocycles. The van der Waals surface area contributed by atoms with Gasteiger partial charge >= 0.3 is 0 Å². The largest absolute Gasteiger partial charge is 0.306 e. The Bertz CT molecular complexity index is 562. The Morgan fingerprint density at radius 1 is 1.50 bits per heavy atom. The fourth-order valence-electron chi connectivity index (χ4n) is 2.63. The fourth-order valence-corrected chi connectivity index (χ4v) is 2.63. The van der Waals surface area contributed by atoms with E-state index in [2.05, 4.69) is 10.4 Å². The first-order chi connectivity index (χ1) is 8.74. The van der Waals surface area contributed by atoms with Crippen LogP contribution in [0, 0.1) is 5.82 Å². The van der Waals surface area contributed by atoms with Gasteiger partial charge in [0.05, 0.1) is 6.20 Å². The number of rotatable bonds is 3. The molecule has 1 N–H and O–H groups in total. The summed E-state index contributed by atoms with van der Waals surface area (Å²) in [7, 11) is 1.91. The van der Waals surface area contributed by atoms with Crippen molar-refractivity contribution in [3.8, 4) is 0 Å². The predicted octanol–water partition coefficient (Wildman–Crippen LogP) is 2.34. The number of hydrogen-bond acceptors (Lipinski definition) is 2. The molecule has 0 spiro atoms. The molecule has 0 radical (unpaired) electrons. The van der Waals surface area contributed by atoms with E-state index in [9.17, 15) is 4.39 Å². The van der Waals surface area contributed by atoms with E-state index in [4.69, 9.17) is 0 Å². The average Bonchev–Trinajstić information content (AvgIpc) is 2.94. The Balaban J connectivity index is 1.71. The van der Waals surface area contributed by atoms with Gasteiger partial charge in [-0.15, -0.1) is 0 Å². The first kappa shape index (κ1) is 11.4. The summed E-state index contributed by atoms with van der Waals surface area (Å²) in [6.45, 7) is 0.772. The number of fused-ring (bicyclic) bond motifs is 1. The number of benzene rings is 1. The second kappa shape index (κ2) is 4.53. The van der Waals surface area contributed by atoms with Crippen LogP contribution in [0.4, 0.5) is 4.39 Å². The summed E-state index contributed by atoms with van der Waals surface area (Å²) < 4.78 is 15.4. The smallest absolute Gasteiger partial charge is 0.126 e. The van der Waals surface area contributed by atoms with Crippen LogP contribution < -0.4 is 5.32 Å². The molecule has 1 aliphatic carbocycles. The molecule has 1 aromatic heterocycles. The maximum absolute atomic E-state index is 13.6. The molecule has 3 nitrogen and oxygen atoms in total. The van der Waals surface area contributed by atoms with E-state index >= 15 is 0 Å². The van der Waals surface area contributed by atoms with E-state index in [1.807, 2.05) is 25.5 Å². The molecule has 4 heteroatoms. The molecule has 1 heterocycles. The van der Waals surface area contributed by atoms with Gasteiger partial charge in [-0.2, -0.15) is 5.10 Å². The fraction of sp³-hybridized carbons (Fsp3) is 0.357. The van der Waals surface area contributed by atoms with Gasteiger partial charge in [-0.1, -0.05) is 12.1 Å². The molecule has 0 saturated heterocycles. The monoisotopic (exact) mass is 245 g/mol. The Morgan fingerprint density at radius 2 is 2.39 bits per heavy atom. The average molecular weight is 245 g/mol. The molecule has 94 valence electrons. The third-order valence-electron chi connectivity index (χ3n) is 3.52. The maximum Gasteiger partial charge on any atom is 0.126 e. The van der Waals surface area contributed by atoms with Crippen molar-refractivity contribution in [1.82, 2.24) is 15.1 Å². The molecule has 1 aromatic carbocycles. The highest BCUT2D eigenvalue weighted by molar-refractivity contribution is 5.35. The summed E-state index contributed by atoms with van der Waals surface area (Å²) in [5.41, 5.74) is 3.14. The number of aromatic nitrogens is 2. The summed E-state index contributed by atoms with van der Waals surface area (Å²) >= 11 is 0. The minimum atomic E-state index is -0.0711. The topological polar surface area (TPSA) is 29.9 Å². The van der Waals surface area contributed by atoms with E-state index in [1.54, 1.807) is 16.8 Å². The number of nitrogens with zero attached hydrogens (tertiary/aromatic N) is 2. The van der Waals surface area contributed by atoms with Crippen LogP contribution in [-0.2, 0) is 20.0 Å². The van der Waals surface area contributed by atoms with Crippen LogP contribution in [0.25, 0.3) is 0 Å². The summed E-state index contributed by atoms with van der Waals surface area (Å²) in [6, 6.07) is 5.61. The quantitative estimate of drug-likeness (QED) is 0.899. The summed E-state index contributed by atoms with van der Waals surface area (Å²) in [5, 5.41) is 7.61. The molecule has 0 bridgehead atoms. The lowest BCUT2D eigenvalue weighted by Gasteiger charge is -2.13. The van der Waals surface area contributed by atoms with Crippen LogP contribution in [0.2, 0.25) is 0 Å². The highest BCUT2D eigenvalue weighted by Gasteiger charge is 2.24. The molecule has 1 atom stereocenters. The van der Waals surface area contributed by atoms with Gasteiger partial charge < -0.3 is 5.32 Å². The predicted molar refractivity (Wildman–Crippen MR) is 67.5 cm³/mol. The van der Waals surface area contributed by atoms with Gasteiger partial charge in [-0.3, -0.25) is 4.68 Å². The van der Waals surface area contributed by atoms with Gasteiger partial charge in [0, 0.05) is 31.4 Å². The Morgan fingerprint density at radius 3 is 3.17 bits per heavy atom.